The summed E-state index contributed by atoms with van der Waals surface area (Å²) in [7, 11) is 0. The number of halogens is 1. The first-order valence-electron chi connectivity index (χ1n) is 7.27. The molecule has 1 saturated carbocycles. The monoisotopic (exact) mass is 391 g/mol. The number of rotatable bonds is 7. The summed E-state index contributed by atoms with van der Waals surface area (Å²) < 4.78 is 1.96. The lowest BCUT2D eigenvalue weighted by atomic mass is 10.2. The standard InChI is InChI=1S/C14H25N5.HI/c1-3-15-14(17-10-13-5-6-13)16-9-12(2)11-19-8-4-7-18-19;/h4,7-8,12-13H,3,5-6,9-11H2,1-2H3,(H2,15,16,17);1H. The van der Waals surface area contributed by atoms with Crippen molar-refractivity contribution in [3.63, 3.8) is 0 Å². The van der Waals surface area contributed by atoms with E-state index in [2.05, 4.69) is 34.6 Å². The summed E-state index contributed by atoms with van der Waals surface area (Å²) in [6.45, 7) is 8.00. The highest BCUT2D eigenvalue weighted by Crippen LogP contribution is 2.27. The zero-order chi connectivity index (χ0) is 13.5. The molecule has 1 unspecified atom stereocenters. The number of hydrogen-bond acceptors (Lipinski definition) is 2. The van der Waals surface area contributed by atoms with E-state index in [0.29, 0.717) is 5.92 Å². The van der Waals surface area contributed by atoms with Gasteiger partial charge in [0.1, 0.15) is 0 Å². The topological polar surface area (TPSA) is 54.2 Å². The molecule has 0 amide bonds. The fraction of sp³-hybridized carbons (Fsp3) is 0.714. The summed E-state index contributed by atoms with van der Waals surface area (Å²) in [6.07, 6.45) is 6.54. The Morgan fingerprint density at radius 2 is 2.25 bits per heavy atom. The Morgan fingerprint density at radius 1 is 1.45 bits per heavy atom. The molecular weight excluding hydrogens is 365 g/mol. The van der Waals surface area contributed by atoms with Gasteiger partial charge in [-0.3, -0.25) is 9.67 Å². The van der Waals surface area contributed by atoms with Gasteiger partial charge in [-0.25, -0.2) is 0 Å². The van der Waals surface area contributed by atoms with E-state index in [9.17, 15) is 0 Å². The van der Waals surface area contributed by atoms with Crippen LogP contribution in [-0.2, 0) is 6.54 Å². The minimum Gasteiger partial charge on any atom is -0.357 e. The van der Waals surface area contributed by atoms with Gasteiger partial charge in [0.25, 0.3) is 0 Å². The molecule has 0 aliphatic heterocycles. The molecule has 0 spiro atoms. The van der Waals surface area contributed by atoms with Crippen molar-refractivity contribution < 1.29 is 0 Å². The van der Waals surface area contributed by atoms with Crippen LogP contribution in [0.25, 0.3) is 0 Å². The van der Waals surface area contributed by atoms with Crippen LogP contribution in [0.3, 0.4) is 0 Å². The van der Waals surface area contributed by atoms with E-state index in [4.69, 9.17) is 0 Å². The maximum absolute atomic E-state index is 4.65. The normalized spacial score (nSPS) is 16.4. The highest BCUT2D eigenvalue weighted by molar-refractivity contribution is 14.0. The number of nitrogens with zero attached hydrogens (tertiary/aromatic N) is 3. The van der Waals surface area contributed by atoms with Crippen LogP contribution in [-0.4, -0.2) is 35.4 Å². The van der Waals surface area contributed by atoms with Crippen LogP contribution in [0.5, 0.6) is 0 Å². The first-order chi connectivity index (χ1) is 9.28. The van der Waals surface area contributed by atoms with Crippen molar-refractivity contribution in [3.05, 3.63) is 18.5 Å². The third kappa shape index (κ3) is 6.58. The maximum Gasteiger partial charge on any atom is 0.191 e. The lowest BCUT2D eigenvalue weighted by Gasteiger charge is -2.13. The first-order valence-corrected chi connectivity index (χ1v) is 7.27. The number of aliphatic imine (C=N–C) groups is 1. The molecule has 114 valence electrons. The second-order valence-corrected chi connectivity index (χ2v) is 5.38. The molecule has 2 rings (SSSR count). The SMILES string of the molecule is CCNC(=NCC(C)Cn1cccn1)NCC1CC1.I. The molecule has 0 radical (unpaired) electrons. The van der Waals surface area contributed by atoms with E-state index in [1.807, 2.05) is 23.1 Å². The maximum atomic E-state index is 4.65. The summed E-state index contributed by atoms with van der Waals surface area (Å²) >= 11 is 0. The zero-order valence-corrected chi connectivity index (χ0v) is 14.7. The van der Waals surface area contributed by atoms with Crippen molar-refractivity contribution in [1.82, 2.24) is 20.4 Å². The van der Waals surface area contributed by atoms with Crippen LogP contribution in [0.1, 0.15) is 26.7 Å². The third-order valence-electron chi connectivity index (χ3n) is 3.22. The van der Waals surface area contributed by atoms with Gasteiger partial charge in [0.2, 0.25) is 0 Å². The van der Waals surface area contributed by atoms with Gasteiger partial charge in [0.15, 0.2) is 5.96 Å². The predicted molar refractivity (Wildman–Crippen MR) is 93.5 cm³/mol. The highest BCUT2D eigenvalue weighted by atomic mass is 127. The predicted octanol–water partition coefficient (Wildman–Crippen LogP) is 2.10. The van der Waals surface area contributed by atoms with Crippen molar-refractivity contribution in [2.75, 3.05) is 19.6 Å². The molecule has 1 fully saturated rings. The van der Waals surface area contributed by atoms with Crippen molar-refractivity contribution in [2.24, 2.45) is 16.8 Å². The largest absolute Gasteiger partial charge is 0.357 e. The molecule has 6 heteroatoms. The van der Waals surface area contributed by atoms with Gasteiger partial charge in [-0.05, 0) is 37.7 Å². The van der Waals surface area contributed by atoms with Gasteiger partial charge in [-0.15, -0.1) is 24.0 Å². The molecule has 1 aliphatic rings. The van der Waals surface area contributed by atoms with Crippen molar-refractivity contribution in [2.45, 2.75) is 33.2 Å². The van der Waals surface area contributed by atoms with Crippen LogP contribution in [0.2, 0.25) is 0 Å². The first kappa shape index (κ1) is 17.3. The summed E-state index contributed by atoms with van der Waals surface area (Å²) in [4.78, 5) is 4.65. The van der Waals surface area contributed by atoms with Gasteiger partial charge >= 0.3 is 0 Å². The Bertz CT molecular complexity index is 386. The highest BCUT2D eigenvalue weighted by Gasteiger charge is 2.21. The van der Waals surface area contributed by atoms with Crippen LogP contribution in [0.15, 0.2) is 23.5 Å². The van der Waals surface area contributed by atoms with E-state index in [1.54, 1.807) is 0 Å². The molecular formula is C14H26IN5. The molecule has 1 aromatic heterocycles. The van der Waals surface area contributed by atoms with E-state index < -0.39 is 0 Å². The second kappa shape index (κ2) is 9.20. The lowest BCUT2D eigenvalue weighted by molar-refractivity contribution is 0.458. The van der Waals surface area contributed by atoms with Gasteiger partial charge in [0, 0.05) is 38.6 Å². The molecule has 0 aromatic carbocycles. The van der Waals surface area contributed by atoms with E-state index >= 15 is 0 Å². The summed E-state index contributed by atoms with van der Waals surface area (Å²) in [5.41, 5.74) is 0. The van der Waals surface area contributed by atoms with Crippen LogP contribution >= 0.6 is 24.0 Å². The number of aromatic nitrogens is 2. The van der Waals surface area contributed by atoms with E-state index in [1.165, 1.54) is 12.8 Å². The number of hydrogen-bond donors (Lipinski definition) is 2. The van der Waals surface area contributed by atoms with E-state index in [0.717, 1.165) is 38.1 Å². The van der Waals surface area contributed by atoms with Crippen LogP contribution in [0.4, 0.5) is 0 Å². The van der Waals surface area contributed by atoms with Crippen LogP contribution < -0.4 is 10.6 Å². The molecule has 1 aliphatic carbocycles. The fourth-order valence-electron chi connectivity index (χ4n) is 1.94. The molecule has 2 N–H and O–H groups in total. The smallest absolute Gasteiger partial charge is 0.191 e. The molecule has 1 aromatic rings. The van der Waals surface area contributed by atoms with Gasteiger partial charge in [-0.2, -0.15) is 5.10 Å². The van der Waals surface area contributed by atoms with Crippen molar-refractivity contribution in [1.29, 1.82) is 0 Å². The number of guanidine groups is 1. The van der Waals surface area contributed by atoms with Gasteiger partial charge < -0.3 is 10.6 Å². The van der Waals surface area contributed by atoms with Gasteiger partial charge in [0.05, 0.1) is 0 Å². The van der Waals surface area contributed by atoms with E-state index in [-0.39, 0.29) is 24.0 Å². The molecule has 0 bridgehead atoms. The molecule has 0 saturated heterocycles. The molecule has 1 heterocycles. The summed E-state index contributed by atoms with van der Waals surface area (Å²) in [5, 5.41) is 10.9. The third-order valence-corrected chi connectivity index (χ3v) is 3.22. The molecule has 5 nitrogen and oxygen atoms in total. The number of nitrogens with one attached hydrogen (secondary N) is 2. The van der Waals surface area contributed by atoms with Crippen LogP contribution in [0, 0.1) is 11.8 Å². The Morgan fingerprint density at radius 3 is 2.85 bits per heavy atom. The second-order valence-electron chi connectivity index (χ2n) is 5.38. The summed E-state index contributed by atoms with van der Waals surface area (Å²) in [5.74, 6) is 2.29. The summed E-state index contributed by atoms with van der Waals surface area (Å²) in [6, 6.07) is 1.96. The Labute approximate surface area is 138 Å². The van der Waals surface area contributed by atoms with Crippen molar-refractivity contribution >= 4 is 29.9 Å². The molecule has 1 atom stereocenters. The Balaban J connectivity index is 0.00000200. The lowest BCUT2D eigenvalue weighted by Crippen LogP contribution is -2.38. The van der Waals surface area contributed by atoms with Crippen molar-refractivity contribution in [3.8, 4) is 0 Å². The Hall–Kier alpha value is -0.790. The Kier molecular flexibility index (Phi) is 7.94. The minimum atomic E-state index is 0. The quantitative estimate of drug-likeness (QED) is 0.425. The minimum absolute atomic E-state index is 0. The molecule has 20 heavy (non-hydrogen) atoms. The average molecular weight is 391 g/mol. The zero-order valence-electron chi connectivity index (χ0n) is 12.4. The van der Waals surface area contributed by atoms with Gasteiger partial charge in [-0.1, -0.05) is 6.92 Å². The fourth-order valence-corrected chi connectivity index (χ4v) is 1.94. The average Bonchev–Trinajstić information content (AvgIpc) is 3.09.